The van der Waals surface area contributed by atoms with Crippen molar-refractivity contribution in [2.75, 3.05) is 20.2 Å². The Morgan fingerprint density at radius 1 is 1.30 bits per heavy atom. The van der Waals surface area contributed by atoms with E-state index in [1.807, 2.05) is 0 Å². The molecule has 0 saturated carbocycles. The first-order chi connectivity index (χ1) is 9.36. The monoisotopic (exact) mass is 317 g/mol. The van der Waals surface area contributed by atoms with E-state index in [1.165, 1.54) is 13.2 Å². The van der Waals surface area contributed by atoms with Gasteiger partial charge >= 0.3 is 0 Å². The average molecular weight is 318 g/mol. The predicted octanol–water partition coefficient (Wildman–Crippen LogP) is 3.08. The molecule has 1 aromatic carbocycles. The van der Waals surface area contributed by atoms with Crippen LogP contribution in [0, 0.1) is 12.8 Å². The number of ether oxygens (including phenoxy) is 1. The quantitative estimate of drug-likeness (QED) is 0.860. The number of nitrogens with zero attached hydrogens (tertiary/aromatic N) is 1. The zero-order valence-electron chi connectivity index (χ0n) is 12.0. The van der Waals surface area contributed by atoms with E-state index in [2.05, 4.69) is 6.92 Å². The van der Waals surface area contributed by atoms with Crippen molar-refractivity contribution < 1.29 is 13.2 Å². The SMILES string of the molecule is COc1cc(C)c(S(=O)(=O)N2CCC(C)CC2)cc1Cl. The second kappa shape index (κ2) is 5.92. The largest absolute Gasteiger partial charge is 0.495 e. The van der Waals surface area contributed by atoms with Crippen molar-refractivity contribution >= 4 is 21.6 Å². The lowest BCUT2D eigenvalue weighted by Gasteiger charge is -2.30. The van der Waals surface area contributed by atoms with Crippen LogP contribution in [-0.4, -0.2) is 32.9 Å². The summed E-state index contributed by atoms with van der Waals surface area (Å²) in [7, 11) is -1.96. The Balaban J connectivity index is 2.37. The molecule has 1 heterocycles. The number of sulfonamides is 1. The van der Waals surface area contributed by atoms with Crippen molar-refractivity contribution in [1.82, 2.24) is 4.31 Å². The van der Waals surface area contributed by atoms with E-state index in [1.54, 1.807) is 17.3 Å². The van der Waals surface area contributed by atoms with Gasteiger partial charge in [0, 0.05) is 13.1 Å². The van der Waals surface area contributed by atoms with Gasteiger partial charge in [-0.15, -0.1) is 0 Å². The van der Waals surface area contributed by atoms with Crippen LogP contribution in [-0.2, 0) is 10.0 Å². The third kappa shape index (κ3) is 2.95. The van der Waals surface area contributed by atoms with Gasteiger partial charge in [0.1, 0.15) is 5.75 Å². The van der Waals surface area contributed by atoms with Gasteiger partial charge in [-0.25, -0.2) is 8.42 Å². The molecule has 0 radical (unpaired) electrons. The molecule has 1 fully saturated rings. The van der Waals surface area contributed by atoms with Gasteiger partial charge in [0.2, 0.25) is 10.0 Å². The van der Waals surface area contributed by atoms with E-state index in [4.69, 9.17) is 16.3 Å². The van der Waals surface area contributed by atoms with Gasteiger partial charge in [-0.1, -0.05) is 18.5 Å². The summed E-state index contributed by atoms with van der Waals surface area (Å²) in [5, 5.41) is 0.321. The summed E-state index contributed by atoms with van der Waals surface area (Å²) in [4.78, 5) is 0.276. The van der Waals surface area contributed by atoms with E-state index < -0.39 is 10.0 Å². The molecule has 0 aliphatic carbocycles. The van der Waals surface area contributed by atoms with Gasteiger partial charge in [0.15, 0.2) is 0 Å². The van der Waals surface area contributed by atoms with E-state index >= 15 is 0 Å². The summed E-state index contributed by atoms with van der Waals surface area (Å²) in [5.74, 6) is 1.08. The van der Waals surface area contributed by atoms with Crippen LogP contribution in [0.3, 0.4) is 0 Å². The third-order valence-corrected chi connectivity index (χ3v) is 6.15. The van der Waals surface area contributed by atoms with Crippen LogP contribution in [0.4, 0.5) is 0 Å². The molecular formula is C14H20ClNO3S. The number of hydrogen-bond donors (Lipinski definition) is 0. The Labute approximate surface area is 125 Å². The van der Waals surface area contributed by atoms with Crippen molar-refractivity contribution in [2.45, 2.75) is 31.6 Å². The van der Waals surface area contributed by atoms with Crippen molar-refractivity contribution in [3.05, 3.63) is 22.7 Å². The fourth-order valence-electron chi connectivity index (χ4n) is 2.44. The highest BCUT2D eigenvalue weighted by Crippen LogP contribution is 2.32. The molecule has 0 spiro atoms. The third-order valence-electron chi connectivity index (χ3n) is 3.81. The van der Waals surface area contributed by atoms with E-state index in [0.29, 0.717) is 35.3 Å². The molecule has 0 amide bonds. The van der Waals surface area contributed by atoms with Gasteiger partial charge in [-0.05, 0) is 43.4 Å². The minimum Gasteiger partial charge on any atom is -0.495 e. The standard InChI is InChI=1S/C14H20ClNO3S/c1-10-4-6-16(7-5-10)20(17,18)14-9-12(15)13(19-3)8-11(14)2/h8-10H,4-7H2,1-3H3. The highest BCUT2D eigenvalue weighted by atomic mass is 35.5. The maximum atomic E-state index is 12.7. The molecule has 20 heavy (non-hydrogen) atoms. The Bertz CT molecular complexity index is 593. The summed E-state index contributed by atoms with van der Waals surface area (Å²) in [5.41, 5.74) is 0.657. The molecular weight excluding hydrogens is 298 g/mol. The smallest absolute Gasteiger partial charge is 0.243 e. The summed E-state index contributed by atoms with van der Waals surface area (Å²) in [6.07, 6.45) is 1.81. The molecule has 0 N–H and O–H groups in total. The maximum Gasteiger partial charge on any atom is 0.243 e. The van der Waals surface area contributed by atoms with Crippen LogP contribution in [0.1, 0.15) is 25.3 Å². The zero-order valence-corrected chi connectivity index (χ0v) is 13.6. The fraction of sp³-hybridized carbons (Fsp3) is 0.571. The molecule has 1 aromatic rings. The average Bonchev–Trinajstić information content (AvgIpc) is 2.41. The highest BCUT2D eigenvalue weighted by Gasteiger charge is 2.29. The minimum absolute atomic E-state index is 0.276. The number of halogens is 1. The normalized spacial score (nSPS) is 18.2. The number of methoxy groups -OCH3 is 1. The molecule has 0 aromatic heterocycles. The summed E-state index contributed by atoms with van der Waals surface area (Å²) < 4.78 is 32.1. The lowest BCUT2D eigenvalue weighted by Crippen LogP contribution is -2.38. The first-order valence-corrected chi connectivity index (χ1v) is 8.52. The molecule has 1 aliphatic rings. The van der Waals surface area contributed by atoms with Crippen molar-refractivity contribution in [1.29, 1.82) is 0 Å². The van der Waals surface area contributed by atoms with Crippen LogP contribution in [0.2, 0.25) is 5.02 Å². The fourth-order valence-corrected chi connectivity index (χ4v) is 4.44. The van der Waals surface area contributed by atoms with Gasteiger partial charge in [-0.2, -0.15) is 4.31 Å². The Kier molecular flexibility index (Phi) is 4.62. The maximum absolute atomic E-state index is 12.7. The van der Waals surface area contributed by atoms with Crippen LogP contribution < -0.4 is 4.74 Å². The molecule has 1 saturated heterocycles. The molecule has 0 unspecified atom stereocenters. The lowest BCUT2D eigenvalue weighted by atomic mass is 10.0. The summed E-state index contributed by atoms with van der Waals surface area (Å²) >= 11 is 6.06. The summed E-state index contributed by atoms with van der Waals surface area (Å²) in [6, 6.07) is 3.16. The van der Waals surface area contributed by atoms with Crippen molar-refractivity contribution in [3.8, 4) is 5.75 Å². The number of hydrogen-bond acceptors (Lipinski definition) is 3. The van der Waals surface area contributed by atoms with E-state index in [-0.39, 0.29) is 4.90 Å². The van der Waals surface area contributed by atoms with Gasteiger partial charge < -0.3 is 4.74 Å². The molecule has 2 rings (SSSR count). The number of rotatable bonds is 3. The Hall–Kier alpha value is -0.780. The predicted molar refractivity (Wildman–Crippen MR) is 79.9 cm³/mol. The molecule has 4 nitrogen and oxygen atoms in total. The van der Waals surface area contributed by atoms with Gasteiger partial charge in [-0.3, -0.25) is 0 Å². The van der Waals surface area contributed by atoms with Crippen molar-refractivity contribution in [3.63, 3.8) is 0 Å². The summed E-state index contributed by atoms with van der Waals surface area (Å²) in [6.45, 7) is 5.07. The molecule has 0 atom stereocenters. The second-order valence-corrected chi connectivity index (χ2v) is 7.65. The van der Waals surface area contributed by atoms with Crippen LogP contribution in [0.25, 0.3) is 0 Å². The molecule has 112 valence electrons. The number of piperidine rings is 1. The molecule has 6 heteroatoms. The topological polar surface area (TPSA) is 46.6 Å². The van der Waals surface area contributed by atoms with Gasteiger partial charge in [0.25, 0.3) is 0 Å². The van der Waals surface area contributed by atoms with Crippen molar-refractivity contribution in [2.24, 2.45) is 5.92 Å². The number of aryl methyl sites for hydroxylation is 1. The Morgan fingerprint density at radius 2 is 1.90 bits per heavy atom. The van der Waals surface area contributed by atoms with E-state index in [9.17, 15) is 8.42 Å². The highest BCUT2D eigenvalue weighted by molar-refractivity contribution is 7.89. The first-order valence-electron chi connectivity index (χ1n) is 6.70. The second-order valence-electron chi connectivity index (χ2n) is 5.34. The number of benzene rings is 1. The van der Waals surface area contributed by atoms with Crippen LogP contribution >= 0.6 is 11.6 Å². The Morgan fingerprint density at radius 3 is 2.45 bits per heavy atom. The first kappa shape index (κ1) is 15.6. The van der Waals surface area contributed by atoms with E-state index in [0.717, 1.165) is 12.8 Å². The molecule has 1 aliphatic heterocycles. The van der Waals surface area contributed by atoms with Crippen LogP contribution in [0.5, 0.6) is 5.75 Å². The van der Waals surface area contributed by atoms with Gasteiger partial charge in [0.05, 0.1) is 17.0 Å². The molecule has 0 bridgehead atoms. The minimum atomic E-state index is -3.47. The van der Waals surface area contributed by atoms with Crippen LogP contribution in [0.15, 0.2) is 17.0 Å². The zero-order chi connectivity index (χ0) is 14.9. The lowest BCUT2D eigenvalue weighted by molar-refractivity contribution is 0.288.